The summed E-state index contributed by atoms with van der Waals surface area (Å²) in [6.45, 7) is 6.84. The van der Waals surface area contributed by atoms with Gasteiger partial charge >= 0.3 is 0 Å². The third kappa shape index (κ3) is 4.74. The lowest BCUT2D eigenvalue weighted by Crippen LogP contribution is -2.47. The molecule has 2 aromatic heterocycles. The molecule has 0 bridgehead atoms. The molecule has 2 aliphatic rings. The lowest BCUT2D eigenvalue weighted by atomic mass is 9.97. The van der Waals surface area contributed by atoms with Crippen LogP contribution in [0.5, 0.6) is 5.75 Å². The quantitative estimate of drug-likeness (QED) is 0.298. The van der Waals surface area contributed by atoms with Crippen LogP contribution in [0.2, 0.25) is 0 Å². The van der Waals surface area contributed by atoms with Gasteiger partial charge in [0.15, 0.2) is 0 Å². The summed E-state index contributed by atoms with van der Waals surface area (Å²) in [4.78, 5) is 32.9. The SMILES string of the molecule is C=CC(=O)NC1(C#Cc2cnccc2-c2[nH]c3c(c2Nc2cccc(C)c2OC)C(=O)NCC3)CCOC1. The third-order valence-electron chi connectivity index (χ3n) is 6.74. The van der Waals surface area contributed by atoms with E-state index >= 15 is 0 Å². The highest BCUT2D eigenvalue weighted by molar-refractivity contribution is 6.06. The summed E-state index contributed by atoms with van der Waals surface area (Å²) < 4.78 is 11.2. The number of para-hydroxylation sites is 1. The Hall–Kier alpha value is -4.55. The number of hydrogen-bond donors (Lipinski definition) is 4. The zero-order valence-corrected chi connectivity index (χ0v) is 21.4. The summed E-state index contributed by atoms with van der Waals surface area (Å²) in [5.41, 5.74) is 5.06. The molecular weight excluding hydrogens is 482 g/mol. The van der Waals surface area contributed by atoms with E-state index < -0.39 is 5.54 Å². The Morgan fingerprint density at radius 2 is 2.21 bits per heavy atom. The molecule has 1 saturated heterocycles. The van der Waals surface area contributed by atoms with Crippen LogP contribution in [0, 0.1) is 18.8 Å². The number of fused-ring (bicyclic) bond motifs is 1. The standard InChI is InChI=1S/C29H29N5O4/c1-4-23(35)34-29(12-15-38-17-29)11-8-19-16-30-13-9-20(19)25-26(24-21(32-25)10-14-31-28(24)36)33-22-7-5-6-18(2)27(22)37-3/h4-7,9,13,16,32-33H,1,10,12,14-15,17H2,2-3H3,(H,31,36)(H,34,35). The van der Waals surface area contributed by atoms with Gasteiger partial charge < -0.3 is 30.4 Å². The number of aromatic amines is 1. The summed E-state index contributed by atoms with van der Waals surface area (Å²) in [7, 11) is 1.62. The zero-order valence-electron chi connectivity index (χ0n) is 21.4. The van der Waals surface area contributed by atoms with Gasteiger partial charge in [0.25, 0.3) is 5.91 Å². The number of aryl methyl sites for hydroxylation is 1. The highest BCUT2D eigenvalue weighted by Gasteiger charge is 2.34. The second-order valence-corrected chi connectivity index (χ2v) is 9.26. The average Bonchev–Trinajstić information content (AvgIpc) is 3.53. The Bertz CT molecular complexity index is 1470. The number of aromatic nitrogens is 2. The Morgan fingerprint density at radius 1 is 1.34 bits per heavy atom. The second-order valence-electron chi connectivity index (χ2n) is 9.26. The van der Waals surface area contributed by atoms with E-state index in [9.17, 15) is 9.59 Å². The topological polar surface area (TPSA) is 117 Å². The molecule has 1 atom stereocenters. The molecule has 5 rings (SSSR count). The summed E-state index contributed by atoms with van der Waals surface area (Å²) in [6.07, 6.45) is 5.82. The van der Waals surface area contributed by atoms with E-state index in [1.165, 1.54) is 6.08 Å². The number of amides is 2. The van der Waals surface area contributed by atoms with Crippen molar-refractivity contribution in [2.75, 3.05) is 32.2 Å². The maximum Gasteiger partial charge on any atom is 0.255 e. The first kappa shape index (κ1) is 25.1. The molecule has 1 aromatic carbocycles. The predicted molar refractivity (Wildman–Crippen MR) is 144 cm³/mol. The van der Waals surface area contributed by atoms with Crippen LogP contribution in [0.3, 0.4) is 0 Å². The van der Waals surface area contributed by atoms with Crippen molar-refractivity contribution in [1.29, 1.82) is 0 Å². The van der Waals surface area contributed by atoms with Gasteiger partial charge in [-0.1, -0.05) is 30.6 Å². The molecule has 0 spiro atoms. The number of anilines is 2. The van der Waals surface area contributed by atoms with E-state index in [1.54, 1.807) is 19.5 Å². The van der Waals surface area contributed by atoms with E-state index in [2.05, 4.69) is 44.3 Å². The molecule has 194 valence electrons. The molecule has 1 fully saturated rings. The van der Waals surface area contributed by atoms with Crippen LogP contribution >= 0.6 is 0 Å². The minimum Gasteiger partial charge on any atom is -0.494 e. The van der Waals surface area contributed by atoms with Crippen LogP contribution in [0.25, 0.3) is 11.3 Å². The first-order valence-corrected chi connectivity index (χ1v) is 12.4. The molecule has 4 N–H and O–H groups in total. The number of H-pyrrole nitrogens is 1. The molecule has 2 amide bonds. The summed E-state index contributed by atoms with van der Waals surface area (Å²) in [5, 5.41) is 9.32. The Balaban J connectivity index is 1.63. The highest BCUT2D eigenvalue weighted by Crippen LogP contribution is 2.40. The molecule has 38 heavy (non-hydrogen) atoms. The van der Waals surface area contributed by atoms with Crippen LogP contribution in [0.4, 0.5) is 11.4 Å². The number of methoxy groups -OCH3 is 1. The average molecular weight is 512 g/mol. The van der Waals surface area contributed by atoms with E-state index in [4.69, 9.17) is 9.47 Å². The van der Waals surface area contributed by atoms with Crippen molar-refractivity contribution in [2.45, 2.75) is 25.3 Å². The first-order valence-electron chi connectivity index (χ1n) is 12.4. The van der Waals surface area contributed by atoms with Crippen LogP contribution in [-0.4, -0.2) is 54.2 Å². The van der Waals surface area contributed by atoms with Gasteiger partial charge in [0.05, 0.1) is 48.5 Å². The predicted octanol–water partition coefficient (Wildman–Crippen LogP) is 3.24. The van der Waals surface area contributed by atoms with Crippen LogP contribution in [-0.2, 0) is 16.0 Å². The van der Waals surface area contributed by atoms with Gasteiger partial charge in [-0.05, 0) is 30.7 Å². The number of hydrogen-bond acceptors (Lipinski definition) is 6. The number of rotatable bonds is 6. The number of carbonyl (C=O) groups excluding carboxylic acids is 2. The smallest absolute Gasteiger partial charge is 0.255 e. The molecule has 4 heterocycles. The number of pyridine rings is 1. The monoisotopic (exact) mass is 511 g/mol. The van der Waals surface area contributed by atoms with E-state index in [-0.39, 0.29) is 18.4 Å². The summed E-state index contributed by atoms with van der Waals surface area (Å²) in [6, 6.07) is 7.67. The molecule has 0 aliphatic carbocycles. The second kappa shape index (κ2) is 10.4. The van der Waals surface area contributed by atoms with Crippen molar-refractivity contribution in [3.8, 4) is 28.8 Å². The largest absolute Gasteiger partial charge is 0.494 e. The van der Waals surface area contributed by atoms with E-state index in [1.807, 2.05) is 31.2 Å². The van der Waals surface area contributed by atoms with E-state index in [0.717, 1.165) is 22.5 Å². The zero-order chi connectivity index (χ0) is 26.7. The lowest BCUT2D eigenvalue weighted by Gasteiger charge is -2.21. The number of nitrogens with zero attached hydrogens (tertiary/aromatic N) is 1. The first-order chi connectivity index (χ1) is 18.4. The number of ether oxygens (including phenoxy) is 2. The molecule has 1 unspecified atom stereocenters. The molecule has 9 nitrogen and oxygen atoms in total. The van der Waals surface area contributed by atoms with Gasteiger partial charge in [0.1, 0.15) is 11.3 Å². The van der Waals surface area contributed by atoms with Crippen molar-refractivity contribution in [1.82, 2.24) is 20.6 Å². The highest BCUT2D eigenvalue weighted by atomic mass is 16.5. The van der Waals surface area contributed by atoms with Crippen molar-refractivity contribution in [3.05, 3.63) is 71.7 Å². The van der Waals surface area contributed by atoms with Gasteiger partial charge in [-0.3, -0.25) is 14.6 Å². The van der Waals surface area contributed by atoms with Gasteiger partial charge in [-0.25, -0.2) is 0 Å². The number of nitrogens with one attached hydrogen (secondary N) is 4. The van der Waals surface area contributed by atoms with Crippen LogP contribution in [0.15, 0.2) is 49.3 Å². The fourth-order valence-electron chi connectivity index (χ4n) is 4.84. The van der Waals surface area contributed by atoms with Gasteiger partial charge in [-0.2, -0.15) is 0 Å². The Morgan fingerprint density at radius 3 is 2.97 bits per heavy atom. The summed E-state index contributed by atoms with van der Waals surface area (Å²) >= 11 is 0. The van der Waals surface area contributed by atoms with E-state index in [0.29, 0.717) is 54.3 Å². The number of benzene rings is 1. The maximum absolute atomic E-state index is 13.0. The van der Waals surface area contributed by atoms with Crippen molar-refractivity contribution in [2.24, 2.45) is 0 Å². The van der Waals surface area contributed by atoms with Gasteiger partial charge in [0, 0.05) is 43.0 Å². The minimum atomic E-state index is -0.816. The Labute approximate surface area is 221 Å². The van der Waals surface area contributed by atoms with Crippen molar-refractivity contribution < 1.29 is 19.1 Å². The minimum absolute atomic E-state index is 0.154. The molecule has 9 heteroatoms. The summed E-state index contributed by atoms with van der Waals surface area (Å²) in [5.74, 6) is 6.68. The molecule has 2 aliphatic heterocycles. The van der Waals surface area contributed by atoms with Crippen molar-refractivity contribution in [3.63, 3.8) is 0 Å². The fourth-order valence-corrected chi connectivity index (χ4v) is 4.84. The fraction of sp³-hybridized carbons (Fsp3) is 0.276. The van der Waals surface area contributed by atoms with Crippen molar-refractivity contribution >= 4 is 23.2 Å². The third-order valence-corrected chi connectivity index (χ3v) is 6.74. The van der Waals surface area contributed by atoms with Gasteiger partial charge in [-0.15, -0.1) is 0 Å². The molecular formula is C29H29N5O4. The number of carbonyl (C=O) groups is 2. The Kier molecular flexibility index (Phi) is 6.90. The molecule has 3 aromatic rings. The molecule has 0 saturated carbocycles. The molecule has 0 radical (unpaired) electrons. The maximum atomic E-state index is 13.0. The van der Waals surface area contributed by atoms with Crippen LogP contribution < -0.4 is 20.7 Å². The van der Waals surface area contributed by atoms with Gasteiger partial charge in [0.2, 0.25) is 5.91 Å². The normalized spacial score (nSPS) is 18.0. The van der Waals surface area contributed by atoms with Crippen LogP contribution in [0.1, 0.15) is 33.6 Å². The lowest BCUT2D eigenvalue weighted by molar-refractivity contribution is -0.117.